The maximum absolute atomic E-state index is 13.6. The van der Waals surface area contributed by atoms with Gasteiger partial charge in [-0.3, -0.25) is 0 Å². The fourth-order valence-corrected chi connectivity index (χ4v) is 3.84. The van der Waals surface area contributed by atoms with Crippen LogP contribution in [0.5, 0.6) is 0 Å². The van der Waals surface area contributed by atoms with E-state index in [1.807, 2.05) is 6.07 Å². The molecule has 4 nitrogen and oxygen atoms in total. The van der Waals surface area contributed by atoms with Crippen molar-refractivity contribution in [2.75, 3.05) is 13.2 Å². The van der Waals surface area contributed by atoms with Crippen LogP contribution in [-0.2, 0) is 14.6 Å². The smallest absolute Gasteiger partial charge is 0.200 e. The van der Waals surface area contributed by atoms with E-state index in [-0.39, 0.29) is 26.1 Å². The standard InChI is InChI=1S/C12H12FNO3S/c13-10-3-1-2-4-11(10)18(15,16)12(9-14)5-7-17-8-6-12/h1-4H,5-8H2. The highest BCUT2D eigenvalue weighted by molar-refractivity contribution is 7.93. The Kier molecular flexibility index (Phi) is 3.37. The van der Waals surface area contributed by atoms with Gasteiger partial charge in [-0.2, -0.15) is 5.26 Å². The number of halogens is 1. The maximum atomic E-state index is 13.6. The minimum Gasteiger partial charge on any atom is -0.381 e. The molecule has 1 saturated heterocycles. The topological polar surface area (TPSA) is 67.2 Å². The van der Waals surface area contributed by atoms with Gasteiger partial charge in [-0.05, 0) is 12.1 Å². The van der Waals surface area contributed by atoms with Gasteiger partial charge in [0, 0.05) is 26.1 Å². The molecular weight excluding hydrogens is 257 g/mol. The monoisotopic (exact) mass is 269 g/mol. The number of hydrogen-bond acceptors (Lipinski definition) is 4. The first-order chi connectivity index (χ1) is 8.53. The van der Waals surface area contributed by atoms with Gasteiger partial charge >= 0.3 is 0 Å². The molecule has 0 aliphatic carbocycles. The Morgan fingerprint density at radius 3 is 2.44 bits per heavy atom. The van der Waals surface area contributed by atoms with E-state index in [1.54, 1.807) is 0 Å². The summed E-state index contributed by atoms with van der Waals surface area (Å²) < 4.78 is 42.0. The molecule has 0 aromatic heterocycles. The molecule has 0 saturated carbocycles. The number of ether oxygens (including phenoxy) is 1. The predicted octanol–water partition coefficient (Wildman–Crippen LogP) is 1.67. The Labute approximate surface area is 105 Å². The molecule has 2 rings (SSSR count). The largest absolute Gasteiger partial charge is 0.381 e. The number of benzene rings is 1. The van der Waals surface area contributed by atoms with Crippen LogP contribution in [0.2, 0.25) is 0 Å². The quantitative estimate of drug-likeness (QED) is 0.819. The zero-order valence-electron chi connectivity index (χ0n) is 9.60. The van der Waals surface area contributed by atoms with Crippen molar-refractivity contribution in [2.45, 2.75) is 22.5 Å². The van der Waals surface area contributed by atoms with Crippen LogP contribution >= 0.6 is 0 Å². The first kappa shape index (κ1) is 13.0. The van der Waals surface area contributed by atoms with Crippen LogP contribution in [0.1, 0.15) is 12.8 Å². The van der Waals surface area contributed by atoms with Crippen LogP contribution in [0.15, 0.2) is 29.2 Å². The molecule has 0 radical (unpaired) electrons. The van der Waals surface area contributed by atoms with Gasteiger partial charge in [0.05, 0.1) is 6.07 Å². The van der Waals surface area contributed by atoms with Crippen molar-refractivity contribution in [1.29, 1.82) is 5.26 Å². The summed E-state index contributed by atoms with van der Waals surface area (Å²) in [4.78, 5) is -0.409. The SMILES string of the molecule is N#CC1(S(=O)(=O)c2ccccc2F)CCOCC1. The third-order valence-electron chi connectivity index (χ3n) is 3.14. The Hall–Kier alpha value is -1.45. The summed E-state index contributed by atoms with van der Waals surface area (Å²) in [5, 5.41) is 9.22. The van der Waals surface area contributed by atoms with Crippen molar-refractivity contribution in [3.8, 4) is 6.07 Å². The van der Waals surface area contributed by atoms with Gasteiger partial charge in [-0.25, -0.2) is 12.8 Å². The number of sulfone groups is 1. The molecule has 1 aromatic carbocycles. The van der Waals surface area contributed by atoms with Crippen molar-refractivity contribution in [3.05, 3.63) is 30.1 Å². The molecule has 1 aromatic rings. The first-order valence-corrected chi connectivity index (χ1v) is 7.00. The molecule has 0 bridgehead atoms. The number of hydrogen-bond donors (Lipinski definition) is 0. The summed E-state index contributed by atoms with van der Waals surface area (Å²) in [6, 6.07) is 6.98. The molecule has 0 unspecified atom stereocenters. The third-order valence-corrected chi connectivity index (χ3v) is 5.58. The molecular formula is C12H12FNO3S. The summed E-state index contributed by atoms with van der Waals surface area (Å²) in [5.41, 5.74) is 0. The average Bonchev–Trinajstić information content (AvgIpc) is 2.39. The van der Waals surface area contributed by atoms with Gasteiger partial charge in [0.2, 0.25) is 0 Å². The van der Waals surface area contributed by atoms with Crippen LogP contribution in [-0.4, -0.2) is 26.4 Å². The second kappa shape index (κ2) is 4.67. The van der Waals surface area contributed by atoms with Gasteiger partial charge in [0.15, 0.2) is 14.6 Å². The molecule has 0 amide bonds. The highest BCUT2D eigenvalue weighted by Gasteiger charge is 2.47. The number of nitrogens with zero attached hydrogens (tertiary/aromatic N) is 1. The van der Waals surface area contributed by atoms with Gasteiger partial charge in [-0.15, -0.1) is 0 Å². The molecule has 18 heavy (non-hydrogen) atoms. The van der Waals surface area contributed by atoms with E-state index in [4.69, 9.17) is 4.74 Å². The van der Waals surface area contributed by atoms with Crippen molar-refractivity contribution >= 4 is 9.84 Å². The van der Waals surface area contributed by atoms with Crippen molar-refractivity contribution in [1.82, 2.24) is 0 Å². The van der Waals surface area contributed by atoms with E-state index in [0.29, 0.717) is 0 Å². The molecule has 0 spiro atoms. The zero-order valence-corrected chi connectivity index (χ0v) is 10.4. The minimum absolute atomic E-state index is 0.0696. The Bertz CT molecular complexity index is 586. The maximum Gasteiger partial charge on any atom is 0.200 e. The van der Waals surface area contributed by atoms with Crippen LogP contribution in [0.25, 0.3) is 0 Å². The second-order valence-electron chi connectivity index (χ2n) is 4.15. The van der Waals surface area contributed by atoms with Crippen molar-refractivity contribution in [2.24, 2.45) is 0 Å². The van der Waals surface area contributed by atoms with Crippen molar-refractivity contribution < 1.29 is 17.5 Å². The second-order valence-corrected chi connectivity index (χ2v) is 6.38. The zero-order chi connectivity index (χ0) is 13.2. The Balaban J connectivity index is 2.55. The molecule has 1 aliphatic heterocycles. The summed E-state index contributed by atoms with van der Waals surface area (Å²) in [5.74, 6) is -0.821. The minimum atomic E-state index is -4.02. The summed E-state index contributed by atoms with van der Waals surface area (Å²) in [6.45, 7) is 0.391. The van der Waals surface area contributed by atoms with Gasteiger partial charge < -0.3 is 4.74 Å². The van der Waals surface area contributed by atoms with Crippen LogP contribution in [0.4, 0.5) is 4.39 Å². The lowest BCUT2D eigenvalue weighted by Gasteiger charge is -2.30. The Morgan fingerprint density at radius 1 is 1.28 bits per heavy atom. The predicted molar refractivity (Wildman–Crippen MR) is 62.0 cm³/mol. The molecule has 6 heteroatoms. The number of nitriles is 1. The van der Waals surface area contributed by atoms with E-state index in [9.17, 15) is 18.1 Å². The van der Waals surface area contributed by atoms with E-state index >= 15 is 0 Å². The summed E-state index contributed by atoms with van der Waals surface area (Å²) in [7, 11) is -4.02. The molecule has 1 fully saturated rings. The van der Waals surface area contributed by atoms with Crippen LogP contribution in [0.3, 0.4) is 0 Å². The van der Waals surface area contributed by atoms with Crippen molar-refractivity contribution in [3.63, 3.8) is 0 Å². The first-order valence-electron chi connectivity index (χ1n) is 5.52. The van der Waals surface area contributed by atoms with Crippen LogP contribution < -0.4 is 0 Å². The molecule has 0 N–H and O–H groups in total. The van der Waals surface area contributed by atoms with E-state index in [1.165, 1.54) is 18.2 Å². The van der Waals surface area contributed by atoms with Gasteiger partial charge in [0.1, 0.15) is 10.7 Å². The van der Waals surface area contributed by atoms with Gasteiger partial charge in [0.25, 0.3) is 0 Å². The van der Waals surface area contributed by atoms with E-state index in [0.717, 1.165) is 6.07 Å². The third kappa shape index (κ3) is 1.89. The average molecular weight is 269 g/mol. The fourth-order valence-electron chi connectivity index (χ4n) is 2.01. The Morgan fingerprint density at radius 2 is 1.89 bits per heavy atom. The molecule has 96 valence electrons. The molecule has 1 aliphatic rings. The van der Waals surface area contributed by atoms with Crippen LogP contribution in [0, 0.1) is 17.1 Å². The van der Waals surface area contributed by atoms with E-state index < -0.39 is 25.3 Å². The van der Waals surface area contributed by atoms with Gasteiger partial charge in [-0.1, -0.05) is 12.1 Å². The number of rotatable bonds is 2. The molecule has 1 heterocycles. The fraction of sp³-hybridized carbons (Fsp3) is 0.417. The lowest BCUT2D eigenvalue weighted by atomic mass is 10.0. The highest BCUT2D eigenvalue weighted by Crippen LogP contribution is 2.35. The lowest BCUT2D eigenvalue weighted by Crippen LogP contribution is -2.42. The highest BCUT2D eigenvalue weighted by atomic mass is 32.2. The summed E-state index contributed by atoms with van der Waals surface area (Å²) >= 11 is 0. The van der Waals surface area contributed by atoms with E-state index in [2.05, 4.69) is 0 Å². The normalized spacial score (nSPS) is 19.1. The molecule has 0 atom stereocenters. The summed E-state index contributed by atoms with van der Waals surface area (Å²) in [6.07, 6.45) is 0.139. The lowest BCUT2D eigenvalue weighted by molar-refractivity contribution is 0.0863.